The lowest BCUT2D eigenvalue weighted by molar-refractivity contribution is -0.141. The average Bonchev–Trinajstić information content (AvgIpc) is 2.38. The van der Waals surface area contributed by atoms with Crippen LogP contribution in [-0.2, 0) is 9.53 Å². The average molecular weight is 311 g/mol. The molecule has 0 aromatic heterocycles. The van der Waals surface area contributed by atoms with E-state index >= 15 is 0 Å². The van der Waals surface area contributed by atoms with Crippen molar-refractivity contribution in [3.63, 3.8) is 0 Å². The van der Waals surface area contributed by atoms with Gasteiger partial charge in [-0.3, -0.25) is 0 Å². The first-order chi connectivity index (χ1) is 8.63. The van der Waals surface area contributed by atoms with Crippen LogP contribution in [0.1, 0.15) is 5.56 Å². The summed E-state index contributed by atoms with van der Waals surface area (Å²) < 4.78 is 5.99. The van der Waals surface area contributed by atoms with Gasteiger partial charge in [0, 0.05) is 11.0 Å². The second-order valence-electron chi connectivity index (χ2n) is 3.90. The van der Waals surface area contributed by atoms with Crippen molar-refractivity contribution < 1.29 is 14.6 Å². The molecule has 0 amide bonds. The Balaban J connectivity index is 2.42. The van der Waals surface area contributed by atoms with E-state index in [0.29, 0.717) is 24.4 Å². The van der Waals surface area contributed by atoms with Gasteiger partial charge in [-0.2, -0.15) is 5.26 Å². The third kappa shape index (κ3) is 2.47. The van der Waals surface area contributed by atoms with Crippen LogP contribution in [0.2, 0.25) is 0 Å². The van der Waals surface area contributed by atoms with Crippen molar-refractivity contribution in [2.45, 2.75) is 6.04 Å². The van der Waals surface area contributed by atoms with E-state index in [1.807, 2.05) is 0 Å². The van der Waals surface area contributed by atoms with E-state index in [0.717, 1.165) is 4.47 Å². The molecule has 1 unspecified atom stereocenters. The SMILES string of the molecule is N#Cc1ccc(Br)cc1N1CCOCC1C(=O)O. The maximum absolute atomic E-state index is 11.2. The van der Waals surface area contributed by atoms with Crippen molar-refractivity contribution in [2.75, 3.05) is 24.7 Å². The van der Waals surface area contributed by atoms with Gasteiger partial charge in [0.05, 0.1) is 24.5 Å². The minimum absolute atomic E-state index is 0.132. The minimum atomic E-state index is -0.946. The fourth-order valence-electron chi connectivity index (χ4n) is 1.93. The van der Waals surface area contributed by atoms with Gasteiger partial charge in [-0.15, -0.1) is 0 Å². The second-order valence-corrected chi connectivity index (χ2v) is 4.81. The number of nitriles is 1. The predicted molar refractivity (Wildman–Crippen MR) is 68.4 cm³/mol. The monoisotopic (exact) mass is 310 g/mol. The van der Waals surface area contributed by atoms with Gasteiger partial charge >= 0.3 is 5.97 Å². The normalized spacial score (nSPS) is 19.3. The van der Waals surface area contributed by atoms with E-state index < -0.39 is 12.0 Å². The molecule has 1 aromatic rings. The van der Waals surface area contributed by atoms with Crippen LogP contribution in [-0.4, -0.2) is 36.9 Å². The number of morpholine rings is 1. The highest BCUT2D eigenvalue weighted by Crippen LogP contribution is 2.27. The largest absolute Gasteiger partial charge is 0.480 e. The molecule has 0 saturated carbocycles. The van der Waals surface area contributed by atoms with Gasteiger partial charge in [-0.25, -0.2) is 4.79 Å². The summed E-state index contributed by atoms with van der Waals surface area (Å²) in [5, 5.41) is 18.3. The number of anilines is 1. The molecular weight excluding hydrogens is 300 g/mol. The van der Waals surface area contributed by atoms with Crippen LogP contribution >= 0.6 is 15.9 Å². The molecule has 18 heavy (non-hydrogen) atoms. The zero-order valence-electron chi connectivity index (χ0n) is 9.47. The number of hydrogen-bond donors (Lipinski definition) is 1. The van der Waals surface area contributed by atoms with E-state index in [4.69, 9.17) is 10.00 Å². The van der Waals surface area contributed by atoms with E-state index in [1.54, 1.807) is 23.1 Å². The third-order valence-corrected chi connectivity index (χ3v) is 3.30. The summed E-state index contributed by atoms with van der Waals surface area (Å²) in [5.41, 5.74) is 1.09. The van der Waals surface area contributed by atoms with Crippen LogP contribution < -0.4 is 4.90 Å². The number of nitrogens with zero attached hydrogens (tertiary/aromatic N) is 2. The van der Waals surface area contributed by atoms with Gasteiger partial charge in [0.1, 0.15) is 6.07 Å². The van der Waals surface area contributed by atoms with Crippen LogP contribution in [0.5, 0.6) is 0 Å². The topological polar surface area (TPSA) is 73.6 Å². The van der Waals surface area contributed by atoms with Crippen LogP contribution in [0, 0.1) is 11.3 Å². The lowest BCUT2D eigenvalue weighted by atomic mass is 10.1. The first-order valence-electron chi connectivity index (χ1n) is 5.40. The smallest absolute Gasteiger partial charge is 0.328 e. The van der Waals surface area contributed by atoms with Gasteiger partial charge in [-0.05, 0) is 18.2 Å². The van der Waals surface area contributed by atoms with Gasteiger partial charge in [0.25, 0.3) is 0 Å². The molecule has 1 aromatic carbocycles. The molecule has 1 fully saturated rings. The third-order valence-electron chi connectivity index (χ3n) is 2.80. The number of hydrogen-bond acceptors (Lipinski definition) is 4. The molecule has 1 aliphatic heterocycles. The Morgan fingerprint density at radius 3 is 3.06 bits per heavy atom. The van der Waals surface area contributed by atoms with E-state index in [-0.39, 0.29) is 6.61 Å². The molecule has 1 N–H and O–H groups in total. The molecule has 0 bridgehead atoms. The summed E-state index contributed by atoms with van der Waals surface area (Å²) in [6.07, 6.45) is 0. The Kier molecular flexibility index (Phi) is 3.84. The van der Waals surface area contributed by atoms with Crippen molar-refractivity contribution in [3.05, 3.63) is 28.2 Å². The van der Waals surface area contributed by atoms with E-state index in [1.165, 1.54) is 0 Å². The van der Waals surface area contributed by atoms with Crippen molar-refractivity contribution in [1.82, 2.24) is 0 Å². The zero-order valence-corrected chi connectivity index (χ0v) is 11.1. The van der Waals surface area contributed by atoms with Crippen LogP contribution in [0.4, 0.5) is 5.69 Å². The number of ether oxygens (including phenoxy) is 1. The Bertz CT molecular complexity index is 513. The minimum Gasteiger partial charge on any atom is -0.480 e. The van der Waals surface area contributed by atoms with Gasteiger partial charge in [0.2, 0.25) is 0 Å². The lowest BCUT2D eigenvalue weighted by Gasteiger charge is -2.35. The molecule has 2 rings (SSSR count). The molecule has 6 heteroatoms. The first kappa shape index (κ1) is 12.9. The molecule has 94 valence electrons. The highest BCUT2D eigenvalue weighted by Gasteiger charge is 2.30. The zero-order chi connectivity index (χ0) is 13.1. The molecule has 1 heterocycles. The molecule has 5 nitrogen and oxygen atoms in total. The maximum Gasteiger partial charge on any atom is 0.328 e. The first-order valence-corrected chi connectivity index (χ1v) is 6.19. The van der Waals surface area contributed by atoms with Crippen LogP contribution in [0.3, 0.4) is 0 Å². The summed E-state index contributed by atoms with van der Waals surface area (Å²) in [6.45, 7) is 1.05. The summed E-state index contributed by atoms with van der Waals surface area (Å²) >= 11 is 3.33. The van der Waals surface area contributed by atoms with Crippen molar-refractivity contribution in [2.24, 2.45) is 0 Å². The number of aliphatic carboxylic acids is 1. The Morgan fingerprint density at radius 1 is 1.61 bits per heavy atom. The summed E-state index contributed by atoms with van der Waals surface area (Å²) in [4.78, 5) is 12.9. The second kappa shape index (κ2) is 5.38. The van der Waals surface area contributed by atoms with Gasteiger partial charge in [0.15, 0.2) is 6.04 Å². The molecular formula is C12H11BrN2O3. The number of carbonyl (C=O) groups is 1. The van der Waals surface area contributed by atoms with Gasteiger partial charge < -0.3 is 14.7 Å². The molecule has 1 saturated heterocycles. The number of benzene rings is 1. The van der Waals surface area contributed by atoms with E-state index in [2.05, 4.69) is 22.0 Å². The quantitative estimate of drug-likeness (QED) is 0.898. The summed E-state index contributed by atoms with van der Waals surface area (Å²) in [5.74, 6) is -0.946. The van der Waals surface area contributed by atoms with Crippen LogP contribution in [0.25, 0.3) is 0 Å². The lowest BCUT2D eigenvalue weighted by Crippen LogP contribution is -2.50. The molecule has 1 aliphatic rings. The fourth-order valence-corrected chi connectivity index (χ4v) is 2.28. The molecule has 0 radical (unpaired) electrons. The summed E-state index contributed by atoms with van der Waals surface area (Å²) in [7, 11) is 0. The predicted octanol–water partition coefficient (Wildman–Crippen LogP) is 1.61. The van der Waals surface area contributed by atoms with Gasteiger partial charge in [-0.1, -0.05) is 15.9 Å². The molecule has 0 aliphatic carbocycles. The number of carboxylic acids is 1. The molecule has 1 atom stereocenters. The highest BCUT2D eigenvalue weighted by molar-refractivity contribution is 9.10. The highest BCUT2D eigenvalue weighted by atomic mass is 79.9. The van der Waals surface area contributed by atoms with Crippen molar-refractivity contribution in [1.29, 1.82) is 5.26 Å². The Morgan fingerprint density at radius 2 is 2.39 bits per heavy atom. The maximum atomic E-state index is 11.2. The van der Waals surface area contributed by atoms with E-state index in [9.17, 15) is 9.90 Å². The summed E-state index contributed by atoms with van der Waals surface area (Å²) in [6, 6.07) is 6.53. The number of rotatable bonds is 2. The fraction of sp³-hybridized carbons (Fsp3) is 0.333. The Hall–Kier alpha value is -1.58. The standard InChI is InChI=1S/C12H11BrN2O3/c13-9-2-1-8(6-14)10(5-9)15-3-4-18-7-11(15)12(16)17/h1-2,5,11H,3-4,7H2,(H,16,17). The number of halogens is 1. The molecule has 0 spiro atoms. The van der Waals surface area contributed by atoms with Crippen molar-refractivity contribution >= 4 is 27.6 Å². The Labute approximate surface area is 113 Å². The van der Waals surface area contributed by atoms with Crippen molar-refractivity contribution in [3.8, 4) is 6.07 Å². The van der Waals surface area contributed by atoms with Crippen LogP contribution in [0.15, 0.2) is 22.7 Å². The number of carboxylic acid groups (broad SMARTS) is 1.